The number of hydrogen-bond donors (Lipinski definition) is 1. The van der Waals surface area contributed by atoms with Gasteiger partial charge in [0.2, 0.25) is 0 Å². The van der Waals surface area contributed by atoms with Crippen molar-refractivity contribution in [3.8, 4) is 0 Å². The van der Waals surface area contributed by atoms with Crippen LogP contribution in [0.15, 0.2) is 24.3 Å². The van der Waals surface area contributed by atoms with Crippen LogP contribution in [0, 0.1) is 0 Å². The Morgan fingerprint density at radius 2 is 1.08 bits per heavy atom. The summed E-state index contributed by atoms with van der Waals surface area (Å²) in [5, 5.41) is 0. The molecule has 314 valence electrons. The van der Waals surface area contributed by atoms with Gasteiger partial charge in [-0.25, -0.2) is 4.57 Å². The zero-order valence-corrected chi connectivity index (χ0v) is 36.4. The fourth-order valence-corrected chi connectivity index (χ4v) is 6.80. The minimum absolute atomic E-state index is 0.0876. The number of carbonyl (C=O) groups excluding carboxylic acids is 1. The van der Waals surface area contributed by atoms with Gasteiger partial charge in [-0.2, -0.15) is 0 Å². The van der Waals surface area contributed by atoms with Crippen LogP contribution in [-0.4, -0.2) is 75.6 Å². The molecule has 0 aliphatic carbocycles. The van der Waals surface area contributed by atoms with E-state index in [0.717, 1.165) is 64.2 Å². The van der Waals surface area contributed by atoms with Crippen LogP contribution in [0.4, 0.5) is 0 Å². The fourth-order valence-electron chi connectivity index (χ4n) is 6.06. The Morgan fingerprint density at radius 1 is 0.585 bits per heavy atom. The van der Waals surface area contributed by atoms with Gasteiger partial charge >= 0.3 is 13.8 Å². The molecule has 9 heteroatoms. The highest BCUT2D eigenvalue weighted by molar-refractivity contribution is 7.47. The first-order valence-corrected chi connectivity index (χ1v) is 23.6. The molecule has 0 heterocycles. The quantitative estimate of drug-likeness (QED) is 0.0217. The lowest BCUT2D eigenvalue weighted by atomic mass is 10.0. The van der Waals surface area contributed by atoms with Crippen molar-refractivity contribution < 1.29 is 37.3 Å². The van der Waals surface area contributed by atoms with Crippen LogP contribution in [0.3, 0.4) is 0 Å². The molecule has 0 bridgehead atoms. The second kappa shape index (κ2) is 37.9. The molecule has 0 saturated heterocycles. The number of allylic oxidation sites excluding steroid dienone is 4. The molecule has 0 aliphatic heterocycles. The molecule has 0 aromatic heterocycles. The highest BCUT2D eigenvalue weighted by atomic mass is 31.2. The number of unbranched alkanes of at least 4 members (excludes halogenated alkanes) is 23. The minimum atomic E-state index is -4.27. The first kappa shape index (κ1) is 52.0. The maximum Gasteiger partial charge on any atom is 0.472 e. The first-order valence-electron chi connectivity index (χ1n) is 22.1. The minimum Gasteiger partial charge on any atom is -0.457 e. The number of quaternary nitrogens is 1. The Kier molecular flexibility index (Phi) is 37.2. The third-order valence-electron chi connectivity index (χ3n) is 9.50. The van der Waals surface area contributed by atoms with Crippen molar-refractivity contribution >= 4 is 13.8 Å². The van der Waals surface area contributed by atoms with Crippen molar-refractivity contribution in [2.45, 2.75) is 200 Å². The largest absolute Gasteiger partial charge is 0.472 e. The number of esters is 1. The van der Waals surface area contributed by atoms with Crippen LogP contribution in [0.1, 0.15) is 194 Å². The maximum absolute atomic E-state index is 12.7. The average Bonchev–Trinajstić information content (AvgIpc) is 3.11. The normalized spacial score (nSPS) is 14.0. The summed E-state index contributed by atoms with van der Waals surface area (Å²) >= 11 is 0. The molecule has 0 aromatic carbocycles. The molecule has 0 fully saturated rings. The summed E-state index contributed by atoms with van der Waals surface area (Å²) in [4.78, 5) is 22.8. The fraction of sp³-hybridized carbons (Fsp3) is 0.886. The third kappa shape index (κ3) is 42.0. The van der Waals surface area contributed by atoms with Crippen LogP contribution in [-0.2, 0) is 27.9 Å². The predicted octanol–water partition coefficient (Wildman–Crippen LogP) is 12.8. The Hall–Kier alpha value is -1.02. The lowest BCUT2D eigenvalue weighted by Crippen LogP contribution is -2.37. The molecule has 0 aliphatic rings. The van der Waals surface area contributed by atoms with E-state index in [1.54, 1.807) is 0 Å². The van der Waals surface area contributed by atoms with Crippen LogP contribution in [0.2, 0.25) is 0 Å². The summed E-state index contributed by atoms with van der Waals surface area (Å²) in [7, 11) is 1.66. The van der Waals surface area contributed by atoms with Gasteiger partial charge in [-0.15, -0.1) is 0 Å². The van der Waals surface area contributed by atoms with Gasteiger partial charge in [0.05, 0.1) is 34.4 Å². The SMILES string of the molecule is CCC/C=C\C/C=C\CCCCCCCC(=O)OC(COCCCCCCCCCCCCCCCCCCCC)COP(=O)(O)OCC[N+](C)(C)C. The van der Waals surface area contributed by atoms with Gasteiger partial charge in [0.1, 0.15) is 19.3 Å². The zero-order valence-electron chi connectivity index (χ0n) is 35.5. The van der Waals surface area contributed by atoms with E-state index in [-0.39, 0.29) is 25.8 Å². The molecular weight excluding hydrogens is 685 g/mol. The van der Waals surface area contributed by atoms with Gasteiger partial charge in [0.25, 0.3) is 0 Å². The molecule has 1 N–H and O–H groups in total. The van der Waals surface area contributed by atoms with E-state index in [1.165, 1.54) is 109 Å². The number of carbonyl (C=O) groups is 1. The lowest BCUT2D eigenvalue weighted by molar-refractivity contribution is -0.870. The predicted molar refractivity (Wildman–Crippen MR) is 224 cm³/mol. The van der Waals surface area contributed by atoms with Crippen molar-refractivity contribution in [2.75, 3.05) is 54.1 Å². The number of nitrogens with zero attached hydrogens (tertiary/aromatic N) is 1. The first-order chi connectivity index (χ1) is 25.6. The summed E-state index contributed by atoms with van der Waals surface area (Å²) in [5.41, 5.74) is 0. The molecule has 2 unspecified atom stereocenters. The second-order valence-electron chi connectivity index (χ2n) is 16.1. The molecule has 2 atom stereocenters. The van der Waals surface area contributed by atoms with Gasteiger partial charge in [-0.05, 0) is 38.5 Å². The Balaban J connectivity index is 4.19. The van der Waals surface area contributed by atoms with Crippen LogP contribution < -0.4 is 0 Å². The number of ether oxygens (including phenoxy) is 2. The van der Waals surface area contributed by atoms with Crippen molar-refractivity contribution in [3.05, 3.63) is 24.3 Å². The number of rotatable bonds is 41. The summed E-state index contributed by atoms with van der Waals surface area (Å²) in [6.07, 6.45) is 42.1. The number of phosphoric acid groups is 1. The highest BCUT2D eigenvalue weighted by Crippen LogP contribution is 2.43. The molecule has 53 heavy (non-hydrogen) atoms. The summed E-state index contributed by atoms with van der Waals surface area (Å²) in [5.74, 6) is -0.326. The second-order valence-corrected chi connectivity index (χ2v) is 17.5. The van der Waals surface area contributed by atoms with E-state index in [4.69, 9.17) is 18.5 Å². The van der Waals surface area contributed by atoms with Crippen molar-refractivity contribution in [1.82, 2.24) is 0 Å². The van der Waals surface area contributed by atoms with Gasteiger partial charge in [-0.3, -0.25) is 13.8 Å². The molecule has 8 nitrogen and oxygen atoms in total. The summed E-state index contributed by atoms with van der Waals surface area (Å²) in [6, 6.07) is 0. The van der Waals surface area contributed by atoms with E-state index in [9.17, 15) is 14.3 Å². The Bertz CT molecular complexity index is 905. The van der Waals surface area contributed by atoms with Crippen LogP contribution in [0.5, 0.6) is 0 Å². The third-order valence-corrected chi connectivity index (χ3v) is 10.5. The monoisotopic (exact) mass is 773 g/mol. The number of hydrogen-bond acceptors (Lipinski definition) is 6. The Labute approximate surface area is 328 Å². The maximum atomic E-state index is 12.7. The van der Waals surface area contributed by atoms with Crippen LogP contribution >= 0.6 is 7.82 Å². The number of phosphoric ester groups is 1. The van der Waals surface area contributed by atoms with E-state index < -0.39 is 13.9 Å². The van der Waals surface area contributed by atoms with Crippen LogP contribution in [0.25, 0.3) is 0 Å². The molecule has 0 saturated carbocycles. The zero-order chi connectivity index (χ0) is 39.1. The number of likely N-dealkylation sites (N-methyl/N-ethyl adjacent to an activating group) is 1. The average molecular weight is 773 g/mol. The molecule has 0 aromatic rings. The highest BCUT2D eigenvalue weighted by Gasteiger charge is 2.26. The standard InChI is InChI=1S/C44H86NO7P/c1-6-8-10-12-14-16-18-20-21-22-23-24-26-28-30-32-34-36-39-49-41-43(42-51-53(47,48)50-40-38-45(3,4)5)52-44(46)37-35-33-31-29-27-25-19-17-15-13-11-9-7-2/h11,13,17,19,43H,6-10,12,14-16,18,20-42H2,1-5H3/p+1/b13-11-,19-17-. The molecule has 0 amide bonds. The van der Waals surface area contributed by atoms with Gasteiger partial charge < -0.3 is 18.9 Å². The molecule has 0 rings (SSSR count). The summed E-state index contributed by atoms with van der Waals surface area (Å²) in [6.45, 7) is 5.57. The lowest BCUT2D eigenvalue weighted by Gasteiger charge is -2.24. The van der Waals surface area contributed by atoms with Crippen molar-refractivity contribution in [3.63, 3.8) is 0 Å². The smallest absolute Gasteiger partial charge is 0.457 e. The van der Waals surface area contributed by atoms with Gasteiger partial charge in [-0.1, -0.05) is 173 Å². The Morgan fingerprint density at radius 3 is 1.60 bits per heavy atom. The van der Waals surface area contributed by atoms with E-state index in [0.29, 0.717) is 24.1 Å². The van der Waals surface area contributed by atoms with E-state index in [2.05, 4.69) is 38.2 Å². The van der Waals surface area contributed by atoms with E-state index in [1.807, 2.05) is 21.1 Å². The summed E-state index contributed by atoms with van der Waals surface area (Å²) < 4.78 is 35.0. The molecule has 0 radical (unpaired) electrons. The van der Waals surface area contributed by atoms with E-state index >= 15 is 0 Å². The van der Waals surface area contributed by atoms with Gasteiger partial charge in [0.15, 0.2) is 0 Å². The topological polar surface area (TPSA) is 91.3 Å². The van der Waals surface area contributed by atoms with Gasteiger partial charge in [0, 0.05) is 13.0 Å². The van der Waals surface area contributed by atoms with Crippen molar-refractivity contribution in [1.29, 1.82) is 0 Å². The molecular formula is C44H87NO7P+. The van der Waals surface area contributed by atoms with Crippen molar-refractivity contribution in [2.24, 2.45) is 0 Å². The molecule has 0 spiro atoms.